The molecule has 0 fully saturated rings. The summed E-state index contributed by atoms with van der Waals surface area (Å²) in [5.74, 6) is 1.80. The molecule has 1 aromatic rings. The van der Waals surface area contributed by atoms with E-state index >= 15 is 0 Å². The van der Waals surface area contributed by atoms with Crippen molar-refractivity contribution in [3.63, 3.8) is 0 Å². The lowest BCUT2D eigenvalue weighted by Gasteiger charge is -2.23. The topological polar surface area (TPSA) is 36.8 Å². The van der Waals surface area contributed by atoms with Gasteiger partial charge in [-0.25, -0.2) is 9.98 Å². The van der Waals surface area contributed by atoms with Crippen molar-refractivity contribution < 1.29 is 0 Å². The number of amidine groups is 2. The molecule has 47 heavy (non-hydrogen) atoms. The fraction of sp³-hybridized carbons (Fsp3) is 0.136. The van der Waals surface area contributed by atoms with Gasteiger partial charge in [-0.2, -0.15) is 0 Å². The quantitative estimate of drug-likeness (QED) is 0.119. The highest BCUT2D eigenvalue weighted by Gasteiger charge is 2.18. The van der Waals surface area contributed by atoms with Gasteiger partial charge < -0.3 is 5.32 Å². The molecule has 236 valence electrons. The van der Waals surface area contributed by atoms with Gasteiger partial charge >= 0.3 is 0 Å². The van der Waals surface area contributed by atoms with Crippen molar-refractivity contribution in [3.05, 3.63) is 217 Å². The van der Waals surface area contributed by atoms with E-state index in [-0.39, 0.29) is 6.17 Å². The van der Waals surface area contributed by atoms with E-state index in [4.69, 9.17) is 9.98 Å². The van der Waals surface area contributed by atoms with E-state index in [0.717, 1.165) is 58.5 Å². The van der Waals surface area contributed by atoms with Crippen LogP contribution in [0.15, 0.2) is 222 Å². The maximum Gasteiger partial charge on any atom is 0.151 e. The van der Waals surface area contributed by atoms with Crippen LogP contribution in [0.1, 0.15) is 37.9 Å². The van der Waals surface area contributed by atoms with Crippen LogP contribution in [0, 0.1) is 5.92 Å². The predicted molar refractivity (Wildman–Crippen MR) is 205 cm³/mol. The highest BCUT2D eigenvalue weighted by molar-refractivity contribution is 6.08. The molecule has 0 spiro atoms. The molecule has 3 aliphatic rings. The van der Waals surface area contributed by atoms with Crippen LogP contribution >= 0.6 is 0 Å². The molecule has 1 N–H and O–H groups in total. The lowest BCUT2D eigenvalue weighted by atomic mass is 9.82. The van der Waals surface area contributed by atoms with E-state index < -0.39 is 0 Å². The number of benzene rings is 1. The summed E-state index contributed by atoms with van der Waals surface area (Å²) in [5.41, 5.74) is 8.50. The second-order valence-electron chi connectivity index (χ2n) is 11.4. The Labute approximate surface area is 281 Å². The summed E-state index contributed by atoms with van der Waals surface area (Å²) in [6, 6.07) is 10.2. The van der Waals surface area contributed by atoms with E-state index in [1.54, 1.807) is 6.08 Å². The smallest absolute Gasteiger partial charge is 0.151 e. The second-order valence-corrected chi connectivity index (χ2v) is 11.4. The van der Waals surface area contributed by atoms with Gasteiger partial charge in [0, 0.05) is 5.92 Å². The molecule has 3 heteroatoms. The van der Waals surface area contributed by atoms with E-state index in [1.807, 2.05) is 61.6 Å². The van der Waals surface area contributed by atoms with Gasteiger partial charge in [0.25, 0.3) is 0 Å². The Hall–Kier alpha value is -5.54. The van der Waals surface area contributed by atoms with E-state index in [1.165, 1.54) is 11.1 Å². The number of aliphatic imine (C=N–C) groups is 2. The summed E-state index contributed by atoms with van der Waals surface area (Å²) < 4.78 is 0. The Morgan fingerprint density at radius 1 is 0.915 bits per heavy atom. The third-order valence-corrected chi connectivity index (χ3v) is 7.91. The van der Waals surface area contributed by atoms with Gasteiger partial charge in [0.05, 0.1) is 0 Å². The van der Waals surface area contributed by atoms with Gasteiger partial charge in [-0.15, -0.1) is 6.58 Å². The Bertz CT molecular complexity index is 1750. The molecule has 2 aliphatic carbocycles. The average molecular weight is 616 g/mol. The normalized spacial score (nSPS) is 19.9. The van der Waals surface area contributed by atoms with Crippen molar-refractivity contribution >= 4 is 11.7 Å². The van der Waals surface area contributed by atoms with Crippen molar-refractivity contribution in [3.8, 4) is 0 Å². The first-order chi connectivity index (χ1) is 22.9. The fourth-order valence-electron chi connectivity index (χ4n) is 5.25. The van der Waals surface area contributed by atoms with Crippen LogP contribution in [0.2, 0.25) is 0 Å². The molecule has 1 unspecified atom stereocenters. The summed E-state index contributed by atoms with van der Waals surface area (Å²) in [6.07, 6.45) is 39.4. The molecule has 0 radical (unpaired) electrons. The van der Waals surface area contributed by atoms with Gasteiger partial charge in [-0.1, -0.05) is 154 Å². The fourth-order valence-corrected chi connectivity index (χ4v) is 5.25. The number of nitrogens with one attached hydrogen (secondary N) is 1. The highest BCUT2D eigenvalue weighted by Crippen LogP contribution is 2.33. The molecule has 1 aromatic carbocycles. The molecule has 0 amide bonds. The third-order valence-electron chi connectivity index (χ3n) is 7.91. The number of hydrogen-bond acceptors (Lipinski definition) is 3. The van der Waals surface area contributed by atoms with E-state index in [2.05, 4.69) is 117 Å². The van der Waals surface area contributed by atoms with Crippen LogP contribution in [0.5, 0.6) is 0 Å². The summed E-state index contributed by atoms with van der Waals surface area (Å²) in [6.45, 7) is 22.4. The maximum atomic E-state index is 4.81. The first-order valence-corrected chi connectivity index (χ1v) is 16.0. The highest BCUT2D eigenvalue weighted by atomic mass is 15.2. The summed E-state index contributed by atoms with van der Waals surface area (Å²) in [7, 11) is 0. The molecule has 2 atom stereocenters. The standard InChI is InChI=1S/C44H45N3/c1-7-10-11-15-24-42-45-43(47-44(46-42)39-21-13-12-14-22-39)30-25-33(4)34(5)31-35(6)36(18-8-2)26-27-37(19-9-3)41-29-28-38-20-16-17-23-40(38)32-41/h7-9,12-31,40,44H,1-4,6,10-11,32H2,5H3,(H,45,46,47)/b24-15+,27-26-,30-25+,34-31-,36-18-,37-19-/t40-,44?/m1/s1. The Morgan fingerprint density at radius 2 is 1.72 bits per heavy atom. The molecular weight excluding hydrogens is 571 g/mol. The summed E-state index contributed by atoms with van der Waals surface area (Å²) in [4.78, 5) is 9.55. The Kier molecular flexibility index (Phi) is 13.0. The van der Waals surface area contributed by atoms with Crippen LogP contribution in [0.3, 0.4) is 0 Å². The Morgan fingerprint density at radius 3 is 2.49 bits per heavy atom. The summed E-state index contributed by atoms with van der Waals surface area (Å²) in [5, 5.41) is 3.44. The molecule has 4 rings (SSSR count). The zero-order valence-electron chi connectivity index (χ0n) is 27.5. The number of hydrogen-bond donors (Lipinski definition) is 1. The van der Waals surface area contributed by atoms with Crippen molar-refractivity contribution in [1.82, 2.24) is 5.32 Å². The lowest BCUT2D eigenvalue weighted by molar-refractivity contribution is 0.676. The average Bonchev–Trinajstić information content (AvgIpc) is 3.10. The predicted octanol–water partition coefficient (Wildman–Crippen LogP) is 11.0. The molecule has 0 bridgehead atoms. The lowest BCUT2D eigenvalue weighted by Crippen LogP contribution is -2.30. The van der Waals surface area contributed by atoms with E-state index in [9.17, 15) is 0 Å². The number of rotatable bonds is 15. The van der Waals surface area contributed by atoms with Crippen molar-refractivity contribution in [2.75, 3.05) is 0 Å². The second kappa shape index (κ2) is 17.8. The molecule has 0 aromatic heterocycles. The monoisotopic (exact) mass is 615 g/mol. The Balaban J connectivity index is 1.48. The zero-order valence-corrected chi connectivity index (χ0v) is 27.5. The number of fused-ring (bicyclic) bond motifs is 1. The number of allylic oxidation sites excluding steroid dienone is 23. The zero-order chi connectivity index (χ0) is 33.4. The van der Waals surface area contributed by atoms with Crippen LogP contribution in [0.4, 0.5) is 0 Å². The molecule has 1 heterocycles. The van der Waals surface area contributed by atoms with Crippen LogP contribution in [-0.2, 0) is 0 Å². The minimum absolute atomic E-state index is 0.228. The van der Waals surface area contributed by atoms with Gasteiger partial charge in [-0.3, -0.25) is 0 Å². The minimum atomic E-state index is -0.228. The molecule has 1 aliphatic heterocycles. The molecule has 0 saturated carbocycles. The van der Waals surface area contributed by atoms with E-state index in [0.29, 0.717) is 11.8 Å². The third kappa shape index (κ3) is 10.2. The largest absolute Gasteiger partial charge is 0.345 e. The molecule has 0 saturated heterocycles. The maximum absolute atomic E-state index is 4.81. The van der Waals surface area contributed by atoms with Gasteiger partial charge in [0.2, 0.25) is 0 Å². The first kappa shape index (κ1) is 34.3. The minimum Gasteiger partial charge on any atom is -0.345 e. The number of unbranched alkanes of at least 4 members (excludes halogenated alkanes) is 1. The van der Waals surface area contributed by atoms with Gasteiger partial charge in [-0.05, 0) is 82.9 Å². The summed E-state index contributed by atoms with van der Waals surface area (Å²) >= 11 is 0. The first-order valence-electron chi connectivity index (χ1n) is 16.0. The van der Waals surface area contributed by atoms with Gasteiger partial charge in [0.1, 0.15) is 12.0 Å². The molecule has 3 nitrogen and oxygen atoms in total. The van der Waals surface area contributed by atoms with Crippen molar-refractivity contribution in [2.24, 2.45) is 15.9 Å². The van der Waals surface area contributed by atoms with Gasteiger partial charge in [0.15, 0.2) is 5.84 Å². The SMILES string of the molecule is C=C/C=C(/C=C\C(=C\C=C)C1=CC=C2C=CC=C[C@@H]2C1)C(=C)/C=C(/C)C(=C)/C=C/C1=NC(/C=C/CCC=C)=NC(c2ccccc2)N1. The number of nitrogens with zero attached hydrogens (tertiary/aromatic N) is 2. The van der Waals surface area contributed by atoms with Crippen LogP contribution in [0.25, 0.3) is 0 Å². The van der Waals surface area contributed by atoms with Crippen LogP contribution in [-0.4, -0.2) is 11.7 Å². The molecular formula is C44H45N3. The van der Waals surface area contributed by atoms with Crippen molar-refractivity contribution in [1.29, 1.82) is 0 Å². The van der Waals surface area contributed by atoms with Crippen LogP contribution < -0.4 is 5.32 Å². The van der Waals surface area contributed by atoms with Crippen molar-refractivity contribution in [2.45, 2.75) is 32.4 Å².